The van der Waals surface area contributed by atoms with Crippen molar-refractivity contribution >= 4 is 52.3 Å². The summed E-state index contributed by atoms with van der Waals surface area (Å²) in [6.07, 6.45) is 2.29. The number of hydrogen-bond acceptors (Lipinski definition) is 8. The molecule has 2 unspecified atom stereocenters. The van der Waals surface area contributed by atoms with Crippen molar-refractivity contribution in [3.05, 3.63) is 71.9 Å². The number of nitrogens with zero attached hydrogens (tertiary/aromatic N) is 2. The lowest BCUT2D eigenvalue weighted by Crippen LogP contribution is -2.61. The lowest BCUT2D eigenvalue weighted by Gasteiger charge is -2.31. The number of aromatic amines is 1. The van der Waals surface area contributed by atoms with E-state index in [-0.39, 0.29) is 44.7 Å². The zero-order chi connectivity index (χ0) is 41.5. The molecule has 58 heavy (non-hydrogen) atoms. The van der Waals surface area contributed by atoms with Crippen molar-refractivity contribution in [3.8, 4) is 0 Å². The van der Waals surface area contributed by atoms with Crippen molar-refractivity contribution < 1.29 is 38.7 Å². The fourth-order valence-electron chi connectivity index (χ4n) is 8.17. The van der Waals surface area contributed by atoms with Crippen LogP contribution in [-0.4, -0.2) is 123 Å². The molecule has 0 radical (unpaired) electrons. The van der Waals surface area contributed by atoms with Crippen LogP contribution < -0.4 is 26.6 Å². The molecule has 7 N–H and O–H groups in total. The molecule has 7 amide bonds. The van der Waals surface area contributed by atoms with E-state index in [4.69, 9.17) is 0 Å². The van der Waals surface area contributed by atoms with Gasteiger partial charge in [0.15, 0.2) is 0 Å². The maximum atomic E-state index is 14.7. The van der Waals surface area contributed by atoms with E-state index < -0.39 is 90.3 Å². The first kappa shape index (κ1) is 41.9. The number of H-pyrrole nitrogens is 1. The fourth-order valence-corrected chi connectivity index (χ4v) is 8.17. The van der Waals surface area contributed by atoms with Crippen LogP contribution in [-0.2, 0) is 46.4 Å². The van der Waals surface area contributed by atoms with Gasteiger partial charge in [0, 0.05) is 43.0 Å². The van der Waals surface area contributed by atoms with E-state index in [2.05, 4.69) is 31.6 Å². The van der Waals surface area contributed by atoms with E-state index in [9.17, 15) is 38.7 Å². The lowest BCUT2D eigenvalue weighted by molar-refractivity contribution is -0.142. The maximum absolute atomic E-state index is 14.7. The minimum atomic E-state index is -1.48. The molecule has 0 saturated carbocycles. The van der Waals surface area contributed by atoms with Crippen LogP contribution in [0.25, 0.3) is 10.9 Å². The molecule has 0 aliphatic carbocycles. The predicted octanol–water partition coefficient (Wildman–Crippen LogP) is 0.431. The van der Waals surface area contributed by atoms with Crippen molar-refractivity contribution in [3.63, 3.8) is 0 Å². The van der Waals surface area contributed by atoms with E-state index in [0.29, 0.717) is 19.3 Å². The zero-order valence-corrected chi connectivity index (χ0v) is 33.2. The number of aromatic nitrogens is 1. The second kappa shape index (κ2) is 18.7. The lowest BCUT2D eigenvalue weighted by atomic mass is 9.99. The Morgan fingerprint density at radius 1 is 0.672 bits per heavy atom. The van der Waals surface area contributed by atoms with Gasteiger partial charge in [-0.3, -0.25) is 33.6 Å². The average molecular weight is 799 g/mol. The largest absolute Gasteiger partial charge is 0.391 e. The van der Waals surface area contributed by atoms with Crippen molar-refractivity contribution in [1.82, 2.24) is 41.4 Å². The Morgan fingerprint density at radius 2 is 1.29 bits per heavy atom. The van der Waals surface area contributed by atoms with E-state index in [1.165, 1.54) is 16.7 Å². The molecule has 4 heterocycles. The number of para-hydroxylation sites is 1. The molecule has 310 valence electrons. The van der Waals surface area contributed by atoms with E-state index >= 15 is 0 Å². The predicted molar refractivity (Wildman–Crippen MR) is 213 cm³/mol. The fraction of sp³-hybridized carbons (Fsp3) is 0.500. The van der Waals surface area contributed by atoms with Gasteiger partial charge in [0.1, 0.15) is 36.3 Å². The Hall–Kier alpha value is -5.77. The molecule has 3 fully saturated rings. The Morgan fingerprint density at radius 3 is 2.00 bits per heavy atom. The summed E-state index contributed by atoms with van der Waals surface area (Å²) in [6, 6.07) is 9.72. The third kappa shape index (κ3) is 9.84. The highest BCUT2D eigenvalue weighted by Gasteiger charge is 2.42. The summed E-state index contributed by atoms with van der Waals surface area (Å²) in [4.78, 5) is 104. The molecule has 1 aromatic heterocycles. The molecule has 16 nitrogen and oxygen atoms in total. The smallest absolute Gasteiger partial charge is 0.246 e. The third-order valence-electron chi connectivity index (χ3n) is 11.2. The number of benzene rings is 2. The summed E-state index contributed by atoms with van der Waals surface area (Å²) in [5.41, 5.74) is 2.33. The van der Waals surface area contributed by atoms with Crippen LogP contribution in [0.3, 0.4) is 0 Å². The minimum absolute atomic E-state index is 0.0546. The number of rotatable bonds is 7. The van der Waals surface area contributed by atoms with Gasteiger partial charge < -0.3 is 46.5 Å². The summed E-state index contributed by atoms with van der Waals surface area (Å²) in [7, 11) is 0. The van der Waals surface area contributed by atoms with Crippen molar-refractivity contribution in [2.24, 2.45) is 5.92 Å². The van der Waals surface area contributed by atoms with Crippen molar-refractivity contribution in [2.75, 3.05) is 19.6 Å². The summed E-state index contributed by atoms with van der Waals surface area (Å²) < 4.78 is 0. The Bertz CT molecular complexity index is 2000. The average Bonchev–Trinajstić information content (AvgIpc) is 3.98. The Labute approximate surface area is 337 Å². The molecule has 3 aromatic rings. The Balaban J connectivity index is 1.36. The molecule has 16 heteroatoms. The summed E-state index contributed by atoms with van der Waals surface area (Å²) in [6.45, 7) is 5.06. The quantitative estimate of drug-likeness (QED) is 0.177. The summed E-state index contributed by atoms with van der Waals surface area (Å²) in [5.74, 6) is -4.48. The van der Waals surface area contributed by atoms with Gasteiger partial charge in [-0.15, -0.1) is 0 Å². The minimum Gasteiger partial charge on any atom is -0.391 e. The molecular formula is C42H54N8O8. The Kier molecular flexibility index (Phi) is 13.5. The van der Waals surface area contributed by atoms with Crippen LogP contribution in [0, 0.1) is 5.92 Å². The number of carbonyl (C=O) groups is 7. The zero-order valence-electron chi connectivity index (χ0n) is 33.2. The number of amides is 7. The van der Waals surface area contributed by atoms with E-state index in [1.54, 1.807) is 6.20 Å². The van der Waals surface area contributed by atoms with Gasteiger partial charge in [-0.2, -0.15) is 0 Å². The van der Waals surface area contributed by atoms with E-state index in [0.717, 1.165) is 22.0 Å². The van der Waals surface area contributed by atoms with Crippen LogP contribution in [0.2, 0.25) is 0 Å². The number of nitrogens with one attached hydrogen (secondary N) is 6. The number of fused-ring (bicyclic) bond motifs is 3. The van der Waals surface area contributed by atoms with Gasteiger partial charge in [0.25, 0.3) is 0 Å². The molecule has 3 aliphatic rings. The maximum Gasteiger partial charge on any atom is 0.246 e. The topological polar surface area (TPSA) is 222 Å². The van der Waals surface area contributed by atoms with Crippen molar-refractivity contribution in [2.45, 2.75) is 108 Å². The molecule has 0 spiro atoms. The highest BCUT2D eigenvalue weighted by molar-refractivity contribution is 5.99. The van der Waals surface area contributed by atoms with Crippen LogP contribution in [0.5, 0.6) is 0 Å². The first-order valence-electron chi connectivity index (χ1n) is 20.2. The van der Waals surface area contributed by atoms with Crippen molar-refractivity contribution in [1.29, 1.82) is 0 Å². The monoisotopic (exact) mass is 798 g/mol. The summed E-state index contributed by atoms with van der Waals surface area (Å²) in [5, 5.41) is 25.2. The van der Waals surface area contributed by atoms with Gasteiger partial charge in [-0.05, 0) is 62.1 Å². The molecule has 2 aromatic carbocycles. The summed E-state index contributed by atoms with van der Waals surface area (Å²) >= 11 is 0. The van der Waals surface area contributed by atoms with Gasteiger partial charge in [-0.25, -0.2) is 0 Å². The third-order valence-corrected chi connectivity index (χ3v) is 11.2. The molecule has 0 bridgehead atoms. The van der Waals surface area contributed by atoms with Gasteiger partial charge >= 0.3 is 0 Å². The van der Waals surface area contributed by atoms with Crippen LogP contribution in [0.4, 0.5) is 0 Å². The van der Waals surface area contributed by atoms with Gasteiger partial charge in [0.05, 0.1) is 12.6 Å². The van der Waals surface area contributed by atoms with Crippen LogP contribution >= 0.6 is 0 Å². The number of carbonyl (C=O) groups excluding carboxylic acids is 7. The normalized spacial score (nSPS) is 26.3. The SMILES string of the molecule is CC(C)C[C@@H]1NC(=O)[C@H]([C@@H](C)O)NC(=O)C2CCCN2C(=O)CNC(=O)[C@H](Cc2ccccc2)NC(=O)C2CCCN2C(=O)[C@H](Cc2c[nH]c3ccccc23)NC1=O. The van der Waals surface area contributed by atoms with E-state index in [1.807, 2.05) is 68.4 Å². The first-order chi connectivity index (χ1) is 27.8. The highest BCUT2D eigenvalue weighted by atomic mass is 16.3. The molecule has 3 aliphatic heterocycles. The second-order valence-corrected chi connectivity index (χ2v) is 15.9. The van der Waals surface area contributed by atoms with Crippen LogP contribution in [0.1, 0.15) is 64.0 Å². The number of hydrogen-bond donors (Lipinski definition) is 7. The molecule has 7 atom stereocenters. The van der Waals surface area contributed by atoms with Gasteiger partial charge in [-0.1, -0.05) is 62.4 Å². The highest BCUT2D eigenvalue weighted by Crippen LogP contribution is 2.24. The number of aliphatic hydroxyl groups excluding tert-OH is 1. The molecular weight excluding hydrogens is 745 g/mol. The molecule has 3 saturated heterocycles. The van der Waals surface area contributed by atoms with Gasteiger partial charge in [0.2, 0.25) is 41.4 Å². The van der Waals surface area contributed by atoms with Crippen LogP contribution in [0.15, 0.2) is 60.8 Å². The number of aliphatic hydroxyl groups is 1. The first-order valence-corrected chi connectivity index (χ1v) is 20.2. The molecule has 6 rings (SSSR count). The standard InChI is InChI=1S/C42H54N8O8/c1-24(2)19-30-38(54)47-32(21-27-22-43-29-14-8-7-13-28(27)29)42(58)50-18-10-16-34(50)39(55)45-31(20-26-11-5-4-6-12-26)37(53)44-23-35(52)49-17-9-15-33(49)40(56)48-36(25(3)51)41(57)46-30/h4-8,11-14,22,24-25,30-34,36,43,51H,9-10,15-21,23H2,1-3H3,(H,44,53)(H,45,55)(H,46,57)(H,47,54)(H,48,56)/t25-,30+,31+,32+,33?,34?,36+/m1/s1. The second-order valence-electron chi connectivity index (χ2n) is 15.9.